The molecule has 0 spiro atoms. The summed E-state index contributed by atoms with van der Waals surface area (Å²) in [5.41, 5.74) is 1.91. The minimum absolute atomic E-state index is 0.568. The molecule has 1 heterocycles. The lowest BCUT2D eigenvalue weighted by atomic mass is 10.3. The molecule has 0 aliphatic heterocycles. The molecule has 0 fully saturated rings. The molecule has 10 heavy (non-hydrogen) atoms. The zero-order chi connectivity index (χ0) is 7.40. The van der Waals surface area contributed by atoms with Crippen molar-refractivity contribution >= 4 is 0 Å². The van der Waals surface area contributed by atoms with Crippen LogP contribution < -0.4 is 0 Å². The van der Waals surface area contributed by atoms with Crippen LogP contribution in [0.15, 0.2) is 12.1 Å². The molecule has 0 amide bonds. The van der Waals surface area contributed by atoms with E-state index < -0.39 is 0 Å². The number of methoxy groups -OCH3 is 1. The highest BCUT2D eigenvalue weighted by Crippen LogP contribution is 1.97. The third-order valence-electron chi connectivity index (χ3n) is 1.15. The molecule has 2 nitrogen and oxygen atoms in total. The van der Waals surface area contributed by atoms with Crippen molar-refractivity contribution in [3.05, 3.63) is 29.6 Å². The molecule has 0 saturated carbocycles. The summed E-state index contributed by atoms with van der Waals surface area (Å²) >= 11 is 0. The fourth-order valence-electron chi connectivity index (χ4n) is 0.771. The Morgan fingerprint density at radius 1 is 1.60 bits per heavy atom. The standard InChI is InChI=1S/C8H10NO/c1-7-4-3-5-8(9-7)6-10-2/h4-5H,6H2,1-2H3. The summed E-state index contributed by atoms with van der Waals surface area (Å²) in [6.45, 7) is 2.51. The number of rotatable bonds is 2. The first-order valence-electron chi connectivity index (χ1n) is 3.15. The van der Waals surface area contributed by atoms with Gasteiger partial charge in [0.05, 0.1) is 12.3 Å². The van der Waals surface area contributed by atoms with E-state index in [2.05, 4.69) is 11.1 Å². The van der Waals surface area contributed by atoms with Crippen molar-refractivity contribution in [2.75, 3.05) is 7.11 Å². The van der Waals surface area contributed by atoms with Gasteiger partial charge in [0.2, 0.25) is 0 Å². The topological polar surface area (TPSA) is 22.1 Å². The van der Waals surface area contributed by atoms with Gasteiger partial charge >= 0.3 is 0 Å². The van der Waals surface area contributed by atoms with Gasteiger partial charge in [-0.05, 0) is 25.1 Å². The van der Waals surface area contributed by atoms with E-state index in [4.69, 9.17) is 4.74 Å². The van der Waals surface area contributed by atoms with E-state index in [9.17, 15) is 0 Å². The summed E-state index contributed by atoms with van der Waals surface area (Å²) in [4.78, 5) is 4.21. The van der Waals surface area contributed by atoms with Crippen molar-refractivity contribution in [2.24, 2.45) is 0 Å². The molecule has 0 bridgehead atoms. The van der Waals surface area contributed by atoms with Gasteiger partial charge in [0.25, 0.3) is 0 Å². The van der Waals surface area contributed by atoms with Crippen LogP contribution in [0.4, 0.5) is 0 Å². The van der Waals surface area contributed by atoms with Crippen molar-refractivity contribution < 1.29 is 4.74 Å². The molecular weight excluding hydrogens is 126 g/mol. The smallest absolute Gasteiger partial charge is 0.0884 e. The molecule has 1 radical (unpaired) electrons. The predicted octanol–water partition coefficient (Wildman–Crippen LogP) is 1.34. The zero-order valence-corrected chi connectivity index (χ0v) is 6.22. The number of nitrogens with zero attached hydrogens (tertiary/aromatic N) is 1. The molecule has 0 unspecified atom stereocenters. The molecule has 0 atom stereocenters. The molecule has 1 aromatic heterocycles. The Morgan fingerprint density at radius 3 is 3.00 bits per heavy atom. The Kier molecular flexibility index (Phi) is 2.40. The first-order valence-corrected chi connectivity index (χ1v) is 3.15. The minimum atomic E-state index is 0.568. The average molecular weight is 136 g/mol. The van der Waals surface area contributed by atoms with Crippen LogP contribution >= 0.6 is 0 Å². The maximum absolute atomic E-state index is 4.90. The molecule has 0 aliphatic carbocycles. The van der Waals surface area contributed by atoms with E-state index in [-0.39, 0.29) is 0 Å². The summed E-state index contributed by atoms with van der Waals surface area (Å²) in [7, 11) is 1.66. The van der Waals surface area contributed by atoms with Crippen LogP contribution in [0.3, 0.4) is 0 Å². The van der Waals surface area contributed by atoms with Crippen LogP contribution in [-0.2, 0) is 11.3 Å². The second-order valence-electron chi connectivity index (χ2n) is 2.13. The fourth-order valence-corrected chi connectivity index (χ4v) is 0.771. The molecular formula is C8H10NO. The van der Waals surface area contributed by atoms with Gasteiger partial charge in [-0.3, -0.25) is 4.98 Å². The first-order chi connectivity index (χ1) is 4.83. The molecule has 0 aromatic carbocycles. The van der Waals surface area contributed by atoms with Crippen LogP contribution in [-0.4, -0.2) is 12.1 Å². The molecule has 1 aromatic rings. The van der Waals surface area contributed by atoms with Gasteiger partial charge in [-0.1, -0.05) is 0 Å². The molecule has 0 N–H and O–H groups in total. The number of aromatic nitrogens is 1. The maximum atomic E-state index is 4.90. The molecule has 0 aliphatic rings. The minimum Gasteiger partial charge on any atom is -0.378 e. The lowest BCUT2D eigenvalue weighted by Crippen LogP contribution is -1.92. The van der Waals surface area contributed by atoms with Gasteiger partial charge in [-0.2, -0.15) is 0 Å². The predicted molar refractivity (Wildman–Crippen MR) is 38.5 cm³/mol. The molecule has 53 valence electrons. The van der Waals surface area contributed by atoms with Crippen LogP contribution in [0.1, 0.15) is 11.4 Å². The van der Waals surface area contributed by atoms with Crippen molar-refractivity contribution in [3.63, 3.8) is 0 Å². The number of hydrogen-bond acceptors (Lipinski definition) is 2. The van der Waals surface area contributed by atoms with Gasteiger partial charge in [0.15, 0.2) is 0 Å². The summed E-state index contributed by atoms with van der Waals surface area (Å²) in [5, 5.41) is 0. The van der Waals surface area contributed by atoms with Gasteiger partial charge < -0.3 is 4.74 Å². The van der Waals surface area contributed by atoms with E-state index in [0.717, 1.165) is 11.4 Å². The largest absolute Gasteiger partial charge is 0.378 e. The molecule has 0 saturated heterocycles. The van der Waals surface area contributed by atoms with Gasteiger partial charge in [0, 0.05) is 12.8 Å². The normalized spacial score (nSPS) is 9.80. The van der Waals surface area contributed by atoms with Crippen molar-refractivity contribution in [1.29, 1.82) is 0 Å². The van der Waals surface area contributed by atoms with Crippen molar-refractivity contribution in [3.8, 4) is 0 Å². The summed E-state index contributed by atoms with van der Waals surface area (Å²) in [6, 6.07) is 6.65. The van der Waals surface area contributed by atoms with Gasteiger partial charge in [-0.15, -0.1) is 0 Å². The second-order valence-corrected chi connectivity index (χ2v) is 2.13. The van der Waals surface area contributed by atoms with E-state index in [1.165, 1.54) is 0 Å². The zero-order valence-electron chi connectivity index (χ0n) is 6.22. The number of ether oxygens (including phenoxy) is 1. The summed E-state index contributed by atoms with van der Waals surface area (Å²) in [6.07, 6.45) is 0. The van der Waals surface area contributed by atoms with Crippen LogP contribution in [0, 0.1) is 13.0 Å². The maximum Gasteiger partial charge on any atom is 0.0884 e. The first kappa shape index (κ1) is 7.22. The van der Waals surface area contributed by atoms with Crippen molar-refractivity contribution in [1.82, 2.24) is 4.98 Å². The Bertz CT molecular complexity index is 210. The Balaban J connectivity index is 2.75. The fraction of sp³-hybridized carbons (Fsp3) is 0.375. The van der Waals surface area contributed by atoms with Gasteiger partial charge in [-0.25, -0.2) is 0 Å². The third kappa shape index (κ3) is 1.81. The van der Waals surface area contributed by atoms with E-state index in [0.29, 0.717) is 6.61 Å². The monoisotopic (exact) mass is 136 g/mol. The summed E-state index contributed by atoms with van der Waals surface area (Å²) in [5.74, 6) is 0. The molecule has 1 rings (SSSR count). The lowest BCUT2D eigenvalue weighted by molar-refractivity contribution is 0.181. The lowest BCUT2D eigenvalue weighted by Gasteiger charge is -1.97. The highest BCUT2D eigenvalue weighted by molar-refractivity contribution is 5.07. The highest BCUT2D eigenvalue weighted by atomic mass is 16.5. The SMILES string of the molecule is COCc1c[c]cc(C)n1. The number of hydrogen-bond donors (Lipinski definition) is 0. The third-order valence-corrected chi connectivity index (χ3v) is 1.15. The van der Waals surface area contributed by atoms with Gasteiger partial charge in [0.1, 0.15) is 0 Å². The van der Waals surface area contributed by atoms with E-state index in [1.54, 1.807) is 7.11 Å². The summed E-state index contributed by atoms with van der Waals surface area (Å²) < 4.78 is 4.90. The highest BCUT2D eigenvalue weighted by Gasteiger charge is 1.91. The number of aryl methyl sites for hydroxylation is 1. The van der Waals surface area contributed by atoms with E-state index in [1.807, 2.05) is 19.1 Å². The second kappa shape index (κ2) is 3.32. The number of pyridine rings is 1. The van der Waals surface area contributed by atoms with Crippen LogP contribution in [0.5, 0.6) is 0 Å². The van der Waals surface area contributed by atoms with Crippen molar-refractivity contribution in [2.45, 2.75) is 13.5 Å². The Hall–Kier alpha value is -0.890. The van der Waals surface area contributed by atoms with Crippen LogP contribution in [0.25, 0.3) is 0 Å². The van der Waals surface area contributed by atoms with E-state index >= 15 is 0 Å². The van der Waals surface area contributed by atoms with Crippen LogP contribution in [0.2, 0.25) is 0 Å². The Labute approximate surface area is 60.9 Å². The quantitative estimate of drug-likeness (QED) is 0.612. The average Bonchev–Trinajstić information content (AvgIpc) is 1.88. The Morgan fingerprint density at radius 2 is 2.40 bits per heavy atom. The molecule has 2 heteroatoms.